The predicted molar refractivity (Wildman–Crippen MR) is 109 cm³/mol. The fourth-order valence-electron chi connectivity index (χ4n) is 3.30. The van der Waals surface area contributed by atoms with Gasteiger partial charge < -0.3 is 29.7 Å². The fraction of sp³-hybridized carbons (Fsp3) is 0.650. The monoisotopic (exact) mass is 414 g/mol. The third-order valence-corrected chi connectivity index (χ3v) is 5.19. The number of alkyl halides is 2. The quantitative estimate of drug-likeness (QED) is 0.478. The van der Waals surface area contributed by atoms with Gasteiger partial charge in [-0.25, -0.2) is 4.99 Å². The number of rotatable bonds is 9. The number of nitrogens with zero attached hydrogens (tertiary/aromatic N) is 2. The Bertz CT molecular complexity index is 665. The molecular weight excluding hydrogens is 382 g/mol. The lowest BCUT2D eigenvalue weighted by Crippen LogP contribution is -2.57. The third-order valence-electron chi connectivity index (χ3n) is 5.19. The van der Waals surface area contributed by atoms with Gasteiger partial charge in [0, 0.05) is 37.4 Å². The van der Waals surface area contributed by atoms with E-state index in [0.717, 1.165) is 26.1 Å². The summed E-state index contributed by atoms with van der Waals surface area (Å²) in [6.07, 6.45) is 1.85. The molecule has 0 radical (unpaired) electrons. The van der Waals surface area contributed by atoms with Crippen LogP contribution in [0.3, 0.4) is 0 Å². The second kappa shape index (κ2) is 11.2. The van der Waals surface area contributed by atoms with Crippen LogP contribution in [0.25, 0.3) is 0 Å². The van der Waals surface area contributed by atoms with Gasteiger partial charge in [-0.2, -0.15) is 8.78 Å². The second-order valence-electron chi connectivity index (χ2n) is 7.13. The molecule has 7 nitrogen and oxygen atoms in total. The van der Waals surface area contributed by atoms with Crippen LogP contribution in [0.5, 0.6) is 11.5 Å². The molecule has 9 heteroatoms. The molecule has 0 aliphatic carbocycles. The first kappa shape index (κ1) is 23.2. The molecule has 1 aliphatic rings. The summed E-state index contributed by atoms with van der Waals surface area (Å²) in [5.41, 5.74) is 0.504. The van der Waals surface area contributed by atoms with E-state index in [4.69, 9.17) is 9.47 Å². The molecule has 2 rings (SSSR count). The normalized spacial score (nSPS) is 16.8. The maximum Gasteiger partial charge on any atom is 0.387 e. The number of guanidine groups is 1. The number of hydrogen-bond acceptors (Lipinski definition) is 5. The Labute approximate surface area is 171 Å². The topological polar surface area (TPSA) is 67.4 Å². The standard InChI is InChI=1S/C20H32F2N4O3/c1-5-23-19(25-14-20(26(2)3)8-10-28-11-9-20)24-13-15-12-16(27-4)6-7-17(15)29-18(21)22/h6-7,12,18H,5,8-11,13-14H2,1-4H3,(H2,23,24,25). The summed E-state index contributed by atoms with van der Waals surface area (Å²) in [5, 5.41) is 6.60. The summed E-state index contributed by atoms with van der Waals surface area (Å²) in [5.74, 6) is 1.27. The maximum absolute atomic E-state index is 12.7. The van der Waals surface area contributed by atoms with Crippen molar-refractivity contribution in [2.45, 2.75) is 38.5 Å². The molecule has 0 unspecified atom stereocenters. The Morgan fingerprint density at radius 2 is 2.00 bits per heavy atom. The zero-order valence-corrected chi connectivity index (χ0v) is 17.6. The van der Waals surface area contributed by atoms with E-state index >= 15 is 0 Å². The van der Waals surface area contributed by atoms with Gasteiger partial charge in [0.05, 0.1) is 13.7 Å². The number of ether oxygens (including phenoxy) is 3. The van der Waals surface area contributed by atoms with E-state index in [1.165, 1.54) is 13.2 Å². The van der Waals surface area contributed by atoms with Crippen molar-refractivity contribution in [1.82, 2.24) is 15.5 Å². The lowest BCUT2D eigenvalue weighted by Gasteiger charge is -2.43. The molecule has 1 aliphatic heterocycles. The number of hydrogen-bond donors (Lipinski definition) is 2. The highest BCUT2D eigenvalue weighted by molar-refractivity contribution is 5.79. The van der Waals surface area contributed by atoms with E-state index in [9.17, 15) is 8.78 Å². The van der Waals surface area contributed by atoms with Crippen molar-refractivity contribution in [3.05, 3.63) is 23.8 Å². The molecule has 1 aromatic rings. The van der Waals surface area contributed by atoms with E-state index in [1.54, 1.807) is 12.1 Å². The molecule has 0 bridgehead atoms. The Balaban J connectivity index is 2.14. The van der Waals surface area contributed by atoms with Crippen molar-refractivity contribution in [2.24, 2.45) is 4.99 Å². The molecule has 164 valence electrons. The first-order chi connectivity index (χ1) is 13.9. The summed E-state index contributed by atoms with van der Waals surface area (Å²) in [7, 11) is 5.67. The number of nitrogens with one attached hydrogen (secondary N) is 2. The Hall–Kier alpha value is -2.13. The molecule has 0 amide bonds. The van der Waals surface area contributed by atoms with Crippen LogP contribution < -0.4 is 20.1 Å². The molecular formula is C20H32F2N4O3. The van der Waals surface area contributed by atoms with Crippen molar-refractivity contribution in [1.29, 1.82) is 0 Å². The van der Waals surface area contributed by atoms with Crippen molar-refractivity contribution in [3.8, 4) is 11.5 Å². The average Bonchev–Trinajstić information content (AvgIpc) is 2.71. The average molecular weight is 414 g/mol. The lowest BCUT2D eigenvalue weighted by molar-refractivity contribution is -0.0504. The van der Waals surface area contributed by atoms with Crippen LogP contribution in [0.1, 0.15) is 25.3 Å². The molecule has 2 N–H and O–H groups in total. The molecule has 1 fully saturated rings. The molecule has 29 heavy (non-hydrogen) atoms. The van der Waals surface area contributed by atoms with Crippen LogP contribution in [-0.4, -0.2) is 70.5 Å². The van der Waals surface area contributed by atoms with Gasteiger partial charge in [0.2, 0.25) is 0 Å². The van der Waals surface area contributed by atoms with Crippen LogP contribution in [-0.2, 0) is 11.3 Å². The molecule has 0 saturated carbocycles. The van der Waals surface area contributed by atoms with Gasteiger partial charge in [-0.3, -0.25) is 0 Å². The summed E-state index contributed by atoms with van der Waals surface area (Å²) in [4.78, 5) is 6.79. The first-order valence-corrected chi connectivity index (χ1v) is 9.79. The van der Waals surface area contributed by atoms with Crippen LogP contribution in [0.15, 0.2) is 23.2 Å². The van der Waals surface area contributed by atoms with Gasteiger partial charge in [0.15, 0.2) is 5.96 Å². The van der Waals surface area contributed by atoms with Crippen LogP contribution in [0.4, 0.5) is 8.78 Å². The van der Waals surface area contributed by atoms with Crippen LogP contribution in [0.2, 0.25) is 0 Å². The number of aliphatic imine (C=N–C) groups is 1. The van der Waals surface area contributed by atoms with Crippen molar-refractivity contribution in [3.63, 3.8) is 0 Å². The van der Waals surface area contributed by atoms with Gasteiger partial charge in [-0.05, 0) is 52.1 Å². The zero-order chi connectivity index (χ0) is 21.3. The number of methoxy groups -OCH3 is 1. The van der Waals surface area contributed by atoms with E-state index in [-0.39, 0.29) is 17.8 Å². The Kier molecular flexibility index (Phi) is 8.91. The lowest BCUT2D eigenvalue weighted by atomic mass is 9.88. The van der Waals surface area contributed by atoms with Gasteiger partial charge >= 0.3 is 6.61 Å². The van der Waals surface area contributed by atoms with Gasteiger partial charge in [-0.15, -0.1) is 0 Å². The van der Waals surface area contributed by atoms with Crippen molar-refractivity contribution in [2.75, 3.05) is 47.5 Å². The highest BCUT2D eigenvalue weighted by Crippen LogP contribution is 2.27. The maximum atomic E-state index is 12.7. The summed E-state index contributed by atoms with van der Waals surface area (Å²) < 4.78 is 40.8. The summed E-state index contributed by atoms with van der Waals surface area (Å²) >= 11 is 0. The van der Waals surface area contributed by atoms with E-state index < -0.39 is 6.61 Å². The zero-order valence-electron chi connectivity index (χ0n) is 17.6. The summed E-state index contributed by atoms with van der Waals surface area (Å²) in [6, 6.07) is 4.71. The number of benzene rings is 1. The van der Waals surface area contributed by atoms with Gasteiger partial charge in [0.1, 0.15) is 11.5 Å². The number of halogens is 2. The Morgan fingerprint density at radius 3 is 2.59 bits per heavy atom. The molecule has 1 aromatic carbocycles. The minimum atomic E-state index is -2.90. The molecule has 0 atom stereocenters. The molecule has 1 heterocycles. The predicted octanol–water partition coefficient (Wildman–Crippen LogP) is 2.46. The van der Waals surface area contributed by atoms with E-state index in [2.05, 4.69) is 39.4 Å². The first-order valence-electron chi connectivity index (χ1n) is 9.79. The van der Waals surface area contributed by atoms with Crippen LogP contribution in [0, 0.1) is 0 Å². The van der Waals surface area contributed by atoms with Gasteiger partial charge in [-0.1, -0.05) is 0 Å². The SMILES string of the molecule is CCNC(=NCc1cc(OC)ccc1OC(F)F)NCC1(N(C)C)CCOCC1. The summed E-state index contributed by atoms with van der Waals surface area (Å²) in [6.45, 7) is 2.09. The minimum absolute atomic E-state index is 0.0195. The van der Waals surface area contributed by atoms with Crippen molar-refractivity contribution < 1.29 is 23.0 Å². The Morgan fingerprint density at radius 1 is 1.28 bits per heavy atom. The van der Waals surface area contributed by atoms with Crippen LogP contribution >= 0.6 is 0 Å². The largest absolute Gasteiger partial charge is 0.497 e. The van der Waals surface area contributed by atoms with Crippen molar-refractivity contribution >= 4 is 5.96 Å². The smallest absolute Gasteiger partial charge is 0.387 e. The van der Waals surface area contributed by atoms with Gasteiger partial charge in [0.25, 0.3) is 0 Å². The van der Waals surface area contributed by atoms with E-state index in [1.807, 2.05) is 6.92 Å². The fourth-order valence-corrected chi connectivity index (χ4v) is 3.30. The second-order valence-corrected chi connectivity index (χ2v) is 7.13. The highest BCUT2D eigenvalue weighted by Gasteiger charge is 2.34. The highest BCUT2D eigenvalue weighted by atomic mass is 19.3. The van der Waals surface area contributed by atoms with E-state index in [0.29, 0.717) is 30.4 Å². The number of likely N-dealkylation sites (N-methyl/N-ethyl adjacent to an activating group) is 1. The molecule has 1 saturated heterocycles. The molecule has 0 spiro atoms. The third kappa shape index (κ3) is 6.71. The minimum Gasteiger partial charge on any atom is -0.497 e. The molecule has 0 aromatic heterocycles.